The van der Waals surface area contributed by atoms with E-state index in [4.69, 9.17) is 0 Å². The number of hydrogen-bond acceptors (Lipinski definition) is 4. The maximum Gasteiger partial charge on any atom is 0.221 e. The summed E-state index contributed by atoms with van der Waals surface area (Å²) in [7, 11) is 0. The van der Waals surface area contributed by atoms with Crippen LogP contribution in [0.1, 0.15) is 48.4 Å². The fourth-order valence-corrected chi connectivity index (χ4v) is 5.68. The second-order valence-corrected chi connectivity index (χ2v) is 9.94. The van der Waals surface area contributed by atoms with E-state index in [0.29, 0.717) is 12.3 Å². The summed E-state index contributed by atoms with van der Waals surface area (Å²) in [5.74, 6) is 0.755. The van der Waals surface area contributed by atoms with Crippen molar-refractivity contribution in [3.8, 4) is 0 Å². The fraction of sp³-hybridized carbons (Fsp3) is 0.357. The van der Waals surface area contributed by atoms with Crippen molar-refractivity contribution in [3.63, 3.8) is 0 Å². The van der Waals surface area contributed by atoms with Gasteiger partial charge in [0, 0.05) is 47.9 Å². The maximum absolute atomic E-state index is 13.0. The lowest BCUT2D eigenvalue weighted by molar-refractivity contribution is -0.121. The Morgan fingerprint density at radius 3 is 2.66 bits per heavy atom. The Labute approximate surface area is 217 Å². The number of para-hydroxylation sites is 1. The van der Waals surface area contributed by atoms with Gasteiger partial charge in [-0.15, -0.1) is 23.7 Å². The van der Waals surface area contributed by atoms with Crippen molar-refractivity contribution in [3.05, 3.63) is 88.5 Å². The van der Waals surface area contributed by atoms with Crippen LogP contribution in [0.4, 0.5) is 0 Å². The molecule has 1 atom stereocenters. The molecule has 0 aliphatic carbocycles. The molecule has 1 saturated heterocycles. The number of piperidine rings is 1. The predicted molar refractivity (Wildman–Crippen MR) is 147 cm³/mol. The number of carbonyl (C=O) groups excluding carboxylic acids is 1. The molecule has 1 amide bonds. The van der Waals surface area contributed by atoms with E-state index in [9.17, 15) is 4.79 Å². The monoisotopic (exact) mass is 508 g/mol. The summed E-state index contributed by atoms with van der Waals surface area (Å²) in [4.78, 5) is 17.7. The second kappa shape index (κ2) is 12.3. The van der Waals surface area contributed by atoms with Gasteiger partial charge in [-0.1, -0.05) is 48.5 Å². The molecule has 0 bridgehead atoms. The van der Waals surface area contributed by atoms with Crippen LogP contribution in [-0.4, -0.2) is 35.1 Å². The Bertz CT molecular complexity index is 1200. The number of hydrogen-bond donors (Lipinski definition) is 2. The van der Waals surface area contributed by atoms with Crippen molar-refractivity contribution >= 4 is 40.6 Å². The smallest absolute Gasteiger partial charge is 0.221 e. The Morgan fingerprint density at radius 1 is 1.11 bits per heavy atom. The van der Waals surface area contributed by atoms with E-state index in [-0.39, 0.29) is 24.2 Å². The zero-order chi connectivity index (χ0) is 23.2. The maximum atomic E-state index is 13.0. The zero-order valence-corrected chi connectivity index (χ0v) is 21.5. The molecule has 5 nitrogen and oxygen atoms in total. The van der Waals surface area contributed by atoms with E-state index in [1.54, 1.807) is 11.3 Å². The number of fused-ring (bicyclic) bond motifs is 1. The van der Waals surface area contributed by atoms with E-state index >= 15 is 0 Å². The van der Waals surface area contributed by atoms with Gasteiger partial charge in [-0.3, -0.25) is 4.79 Å². The van der Waals surface area contributed by atoms with Gasteiger partial charge in [0.25, 0.3) is 0 Å². The van der Waals surface area contributed by atoms with Crippen LogP contribution in [0, 0.1) is 5.92 Å². The van der Waals surface area contributed by atoms with Crippen LogP contribution < -0.4 is 10.6 Å². The number of nitrogens with zero attached hydrogens (tertiary/aromatic N) is 2. The molecule has 1 aliphatic rings. The van der Waals surface area contributed by atoms with Crippen molar-refractivity contribution in [2.75, 3.05) is 19.6 Å². The minimum atomic E-state index is -0.0629. The van der Waals surface area contributed by atoms with Crippen molar-refractivity contribution in [1.29, 1.82) is 0 Å². The molecule has 7 heteroatoms. The van der Waals surface area contributed by atoms with Crippen LogP contribution in [0.2, 0.25) is 0 Å². The summed E-state index contributed by atoms with van der Waals surface area (Å²) in [5.41, 5.74) is 6.45. The van der Waals surface area contributed by atoms with E-state index in [1.165, 1.54) is 34.9 Å². The lowest BCUT2D eigenvalue weighted by Gasteiger charge is -2.22. The first-order valence-electron chi connectivity index (χ1n) is 12.2. The van der Waals surface area contributed by atoms with Gasteiger partial charge < -0.3 is 15.2 Å². The largest absolute Gasteiger partial charge is 0.356 e. The molecule has 1 fully saturated rings. The van der Waals surface area contributed by atoms with Gasteiger partial charge in [0.2, 0.25) is 5.91 Å². The Kier molecular flexibility index (Phi) is 8.96. The van der Waals surface area contributed by atoms with E-state index in [0.717, 1.165) is 38.3 Å². The molecule has 35 heavy (non-hydrogen) atoms. The molecular formula is C28H33ClN4OS. The van der Waals surface area contributed by atoms with Crippen LogP contribution in [0.5, 0.6) is 0 Å². The van der Waals surface area contributed by atoms with Crippen molar-refractivity contribution in [2.24, 2.45) is 5.92 Å². The number of benzene rings is 2. The summed E-state index contributed by atoms with van der Waals surface area (Å²) in [6.45, 7) is 3.74. The lowest BCUT2D eigenvalue weighted by atomic mass is 9.92. The number of halogens is 1. The summed E-state index contributed by atoms with van der Waals surface area (Å²) in [6, 6.07) is 19.0. The van der Waals surface area contributed by atoms with Crippen molar-refractivity contribution < 1.29 is 4.79 Å². The van der Waals surface area contributed by atoms with E-state index < -0.39 is 0 Å². The van der Waals surface area contributed by atoms with Crippen molar-refractivity contribution in [2.45, 2.75) is 38.1 Å². The van der Waals surface area contributed by atoms with Gasteiger partial charge >= 0.3 is 0 Å². The molecule has 1 aliphatic heterocycles. The molecule has 0 spiro atoms. The van der Waals surface area contributed by atoms with E-state index in [1.807, 2.05) is 11.6 Å². The standard InChI is InChI=1S/C28H32N4OS.ClH/c33-28(30-15-12-21-10-13-29-14-11-21)16-24(26-19-34-20-31-26)25-18-32(17-22-6-2-1-3-7-22)27-9-5-4-8-23(25)27;/h1-9,18-21,24,29H,10-17H2,(H,30,33);1H. The molecule has 184 valence electrons. The van der Waals surface area contributed by atoms with E-state index in [2.05, 4.69) is 80.3 Å². The van der Waals surface area contributed by atoms with Crippen molar-refractivity contribution in [1.82, 2.24) is 20.2 Å². The lowest BCUT2D eigenvalue weighted by Crippen LogP contribution is -2.31. The van der Waals surface area contributed by atoms with Gasteiger partial charge in [-0.25, -0.2) is 4.98 Å². The quantitative estimate of drug-likeness (QED) is 0.309. The van der Waals surface area contributed by atoms with Gasteiger partial charge in [-0.05, 0) is 55.5 Å². The molecule has 2 aromatic carbocycles. The number of carbonyl (C=O) groups is 1. The average molecular weight is 509 g/mol. The van der Waals surface area contributed by atoms with Crippen LogP contribution in [-0.2, 0) is 11.3 Å². The highest BCUT2D eigenvalue weighted by Gasteiger charge is 2.24. The number of thiazole rings is 1. The molecule has 2 aromatic heterocycles. The second-order valence-electron chi connectivity index (χ2n) is 9.22. The molecule has 1 unspecified atom stereocenters. The summed E-state index contributed by atoms with van der Waals surface area (Å²) < 4.78 is 2.30. The molecule has 5 rings (SSSR count). The molecule has 0 radical (unpaired) electrons. The SMILES string of the molecule is Cl.O=C(CC(c1cscn1)c1cn(Cc2ccccc2)c2ccccc12)NCCC1CCNCC1. The Balaban J connectivity index is 0.00000289. The molecule has 0 saturated carbocycles. The number of aromatic nitrogens is 2. The third-order valence-electron chi connectivity index (χ3n) is 6.92. The van der Waals surface area contributed by atoms with Gasteiger partial charge in [0.1, 0.15) is 0 Å². The minimum Gasteiger partial charge on any atom is -0.356 e. The Morgan fingerprint density at radius 2 is 1.89 bits per heavy atom. The molecule has 3 heterocycles. The first-order chi connectivity index (χ1) is 16.8. The summed E-state index contributed by atoms with van der Waals surface area (Å²) >= 11 is 1.59. The minimum absolute atomic E-state index is 0. The third kappa shape index (κ3) is 6.31. The highest BCUT2D eigenvalue weighted by molar-refractivity contribution is 7.07. The highest BCUT2D eigenvalue weighted by Crippen LogP contribution is 2.35. The number of amides is 1. The third-order valence-corrected chi connectivity index (χ3v) is 7.53. The first kappa shape index (κ1) is 25.4. The molecule has 2 N–H and O–H groups in total. The topological polar surface area (TPSA) is 59.0 Å². The van der Waals surface area contributed by atoms with Crippen LogP contribution in [0.25, 0.3) is 10.9 Å². The molecule has 4 aromatic rings. The fourth-order valence-electron chi connectivity index (χ4n) is 5.08. The van der Waals surface area contributed by atoms with Gasteiger partial charge in [0.05, 0.1) is 11.2 Å². The predicted octanol–water partition coefficient (Wildman–Crippen LogP) is 5.60. The summed E-state index contributed by atoms with van der Waals surface area (Å²) in [5, 5.41) is 9.88. The highest BCUT2D eigenvalue weighted by atomic mass is 35.5. The number of nitrogens with one attached hydrogen (secondary N) is 2. The first-order valence-corrected chi connectivity index (χ1v) is 13.2. The van der Waals surface area contributed by atoms with Crippen LogP contribution in [0.3, 0.4) is 0 Å². The van der Waals surface area contributed by atoms with Gasteiger partial charge in [0.15, 0.2) is 0 Å². The van der Waals surface area contributed by atoms with Crippen LogP contribution >= 0.6 is 23.7 Å². The average Bonchev–Trinajstić information content (AvgIpc) is 3.53. The summed E-state index contributed by atoms with van der Waals surface area (Å²) in [6.07, 6.45) is 6.11. The zero-order valence-electron chi connectivity index (χ0n) is 19.9. The number of rotatable bonds is 9. The van der Waals surface area contributed by atoms with Crippen LogP contribution in [0.15, 0.2) is 71.7 Å². The Hall–Kier alpha value is -2.67. The van der Waals surface area contributed by atoms with Gasteiger partial charge in [-0.2, -0.15) is 0 Å². The molecular weight excluding hydrogens is 476 g/mol. The normalized spacial score (nSPS) is 15.0.